The second kappa shape index (κ2) is 21.2. The highest BCUT2D eigenvalue weighted by Crippen LogP contribution is 2.22. The summed E-state index contributed by atoms with van der Waals surface area (Å²) >= 11 is 0. The molecule has 1 heterocycles. The third-order valence-corrected chi connectivity index (χ3v) is 11.5. The molecule has 12 heteroatoms. The van der Waals surface area contributed by atoms with E-state index in [2.05, 4.69) is 21.3 Å². The lowest BCUT2D eigenvalue weighted by Gasteiger charge is -2.33. The summed E-state index contributed by atoms with van der Waals surface area (Å²) in [6.07, 6.45) is 3.28. The maximum atomic E-state index is 14.8. The van der Waals surface area contributed by atoms with Gasteiger partial charge >= 0.3 is 0 Å². The Bertz CT molecular complexity index is 2260. The van der Waals surface area contributed by atoms with Crippen LogP contribution in [0.15, 0.2) is 115 Å². The van der Waals surface area contributed by atoms with Gasteiger partial charge in [0.1, 0.15) is 24.2 Å². The minimum atomic E-state index is -1.15. The largest absolute Gasteiger partial charge is 0.368 e. The van der Waals surface area contributed by atoms with Gasteiger partial charge in [0.05, 0.1) is 0 Å². The number of carbonyl (C=O) groups excluding carboxylic acids is 5. The van der Waals surface area contributed by atoms with Gasteiger partial charge in [0.2, 0.25) is 29.5 Å². The highest BCUT2D eigenvalue weighted by atomic mass is 16.2. The number of nitrogens with one attached hydrogen (secondary N) is 4. The van der Waals surface area contributed by atoms with Crippen molar-refractivity contribution in [2.75, 3.05) is 26.7 Å². The van der Waals surface area contributed by atoms with Crippen LogP contribution in [0, 0.1) is 5.92 Å². The van der Waals surface area contributed by atoms with Crippen LogP contribution >= 0.6 is 0 Å². The number of amides is 5. The van der Waals surface area contributed by atoms with Crippen LogP contribution < -0.4 is 32.7 Å². The standard InChI is InChI=1S/C48H57N7O5/c1-55(48(60)37-22-25-51-26-23-37)43(31-34-19-21-36-14-6-8-16-39(36)28-34)47(59)54-42(30-33-18-20-35-13-5-7-15-38(35)27-33)46(58)53-41(29-32-11-3-2-4-12-32)45(57)52-40(44(50)56)17-9-10-24-49/h2-8,11-16,18-21,27-28,37,40-43,51H,9-10,17,22-26,29-31,49H2,1H3,(H2,50,56)(H,52,57)(H,53,58)(H,54,59). The molecule has 0 saturated carbocycles. The van der Waals surface area contributed by atoms with Crippen molar-refractivity contribution in [3.05, 3.63) is 132 Å². The van der Waals surface area contributed by atoms with Gasteiger partial charge in [-0.15, -0.1) is 0 Å². The van der Waals surface area contributed by atoms with Crippen LogP contribution in [0.4, 0.5) is 0 Å². The topological polar surface area (TPSA) is 189 Å². The lowest BCUT2D eigenvalue weighted by atomic mass is 9.94. The molecule has 0 aliphatic carbocycles. The minimum Gasteiger partial charge on any atom is -0.368 e. The van der Waals surface area contributed by atoms with Crippen molar-refractivity contribution in [3.63, 3.8) is 0 Å². The molecular weight excluding hydrogens is 755 g/mol. The first-order valence-corrected chi connectivity index (χ1v) is 21.0. The van der Waals surface area contributed by atoms with E-state index in [4.69, 9.17) is 11.5 Å². The second-order valence-electron chi connectivity index (χ2n) is 15.8. The first kappa shape index (κ1) is 43.5. The number of hydrogen-bond acceptors (Lipinski definition) is 7. The van der Waals surface area contributed by atoms with Crippen LogP contribution in [0.2, 0.25) is 0 Å². The summed E-state index contributed by atoms with van der Waals surface area (Å²) in [5.74, 6) is -2.72. The number of benzene rings is 5. The number of nitrogens with zero attached hydrogens (tertiary/aromatic N) is 1. The van der Waals surface area contributed by atoms with E-state index in [0.29, 0.717) is 51.7 Å². The molecule has 4 unspecified atom stereocenters. The molecule has 12 nitrogen and oxygen atoms in total. The number of carbonyl (C=O) groups is 5. The zero-order chi connectivity index (χ0) is 42.4. The van der Waals surface area contributed by atoms with Crippen LogP contribution in [0.3, 0.4) is 0 Å². The average molecular weight is 812 g/mol. The lowest BCUT2D eigenvalue weighted by molar-refractivity contribution is -0.143. The number of fused-ring (bicyclic) bond motifs is 2. The van der Waals surface area contributed by atoms with Gasteiger partial charge in [-0.3, -0.25) is 24.0 Å². The van der Waals surface area contributed by atoms with Gasteiger partial charge < -0.3 is 37.6 Å². The Labute approximate surface area is 351 Å². The molecule has 314 valence electrons. The predicted molar refractivity (Wildman–Crippen MR) is 235 cm³/mol. The third-order valence-electron chi connectivity index (χ3n) is 11.5. The molecule has 8 N–H and O–H groups in total. The smallest absolute Gasteiger partial charge is 0.243 e. The number of unbranched alkanes of at least 4 members (excludes halogenated alkanes) is 1. The van der Waals surface area contributed by atoms with Crippen molar-refractivity contribution < 1.29 is 24.0 Å². The van der Waals surface area contributed by atoms with E-state index in [-0.39, 0.29) is 31.1 Å². The molecule has 0 aromatic heterocycles. The summed E-state index contributed by atoms with van der Waals surface area (Å²) in [6.45, 7) is 1.86. The van der Waals surface area contributed by atoms with Gasteiger partial charge in [-0.1, -0.05) is 115 Å². The van der Waals surface area contributed by atoms with Crippen molar-refractivity contribution in [1.82, 2.24) is 26.2 Å². The molecule has 5 aromatic carbocycles. The summed E-state index contributed by atoms with van der Waals surface area (Å²) < 4.78 is 0. The van der Waals surface area contributed by atoms with Gasteiger partial charge in [-0.2, -0.15) is 0 Å². The molecule has 1 saturated heterocycles. The fraction of sp³-hybridized carbons (Fsp3) is 0.354. The van der Waals surface area contributed by atoms with E-state index in [9.17, 15) is 24.0 Å². The molecule has 4 atom stereocenters. The molecule has 1 aliphatic rings. The van der Waals surface area contributed by atoms with Crippen molar-refractivity contribution >= 4 is 51.1 Å². The fourth-order valence-electron chi connectivity index (χ4n) is 7.97. The third kappa shape index (κ3) is 11.8. The zero-order valence-electron chi connectivity index (χ0n) is 34.3. The maximum absolute atomic E-state index is 14.8. The molecule has 60 heavy (non-hydrogen) atoms. The number of likely N-dealkylation sites (N-methyl/N-ethyl adjacent to an activating group) is 1. The highest BCUT2D eigenvalue weighted by molar-refractivity contribution is 5.96. The number of rotatable bonds is 19. The Morgan fingerprint density at radius 2 is 1.12 bits per heavy atom. The number of hydrogen-bond donors (Lipinski definition) is 6. The molecule has 1 aliphatic heterocycles. The monoisotopic (exact) mass is 811 g/mol. The van der Waals surface area contributed by atoms with Gasteiger partial charge in [-0.25, -0.2) is 0 Å². The summed E-state index contributed by atoms with van der Waals surface area (Å²) in [5.41, 5.74) is 13.8. The van der Waals surface area contributed by atoms with E-state index in [1.807, 2.05) is 115 Å². The molecular formula is C48H57N7O5. The van der Waals surface area contributed by atoms with E-state index in [1.54, 1.807) is 7.05 Å². The Balaban J connectivity index is 1.32. The second-order valence-corrected chi connectivity index (χ2v) is 15.8. The van der Waals surface area contributed by atoms with E-state index in [0.717, 1.165) is 38.2 Å². The van der Waals surface area contributed by atoms with Gasteiger partial charge in [-0.05, 0) is 90.0 Å². The minimum absolute atomic E-state index is 0.0970. The summed E-state index contributed by atoms with van der Waals surface area (Å²) in [5, 5.41) is 16.1. The van der Waals surface area contributed by atoms with Gasteiger partial charge in [0, 0.05) is 32.2 Å². The highest BCUT2D eigenvalue weighted by Gasteiger charge is 2.35. The Morgan fingerprint density at radius 1 is 0.617 bits per heavy atom. The summed E-state index contributed by atoms with van der Waals surface area (Å²) in [4.78, 5) is 71.5. The van der Waals surface area contributed by atoms with Crippen molar-refractivity contribution in [2.24, 2.45) is 17.4 Å². The van der Waals surface area contributed by atoms with Crippen LogP contribution in [0.25, 0.3) is 21.5 Å². The van der Waals surface area contributed by atoms with Crippen LogP contribution in [-0.4, -0.2) is 85.3 Å². The quantitative estimate of drug-likeness (QED) is 0.0682. The molecule has 5 aromatic rings. The first-order chi connectivity index (χ1) is 29.1. The summed E-state index contributed by atoms with van der Waals surface area (Å²) in [7, 11) is 1.66. The number of piperidine rings is 1. The van der Waals surface area contributed by atoms with Crippen molar-refractivity contribution in [3.8, 4) is 0 Å². The Morgan fingerprint density at radius 3 is 1.68 bits per heavy atom. The Hall–Kier alpha value is -6.11. The fourth-order valence-corrected chi connectivity index (χ4v) is 7.97. The summed E-state index contributed by atoms with van der Waals surface area (Å²) in [6, 6.07) is 32.7. The molecule has 0 bridgehead atoms. The predicted octanol–water partition coefficient (Wildman–Crippen LogP) is 3.92. The van der Waals surface area contributed by atoms with Crippen LogP contribution in [-0.2, 0) is 43.2 Å². The molecule has 1 fully saturated rings. The normalized spacial score (nSPS) is 15.0. The van der Waals surface area contributed by atoms with Gasteiger partial charge in [0.25, 0.3) is 0 Å². The zero-order valence-corrected chi connectivity index (χ0v) is 34.3. The van der Waals surface area contributed by atoms with Crippen molar-refractivity contribution in [2.45, 2.75) is 75.5 Å². The first-order valence-electron chi connectivity index (χ1n) is 21.0. The van der Waals surface area contributed by atoms with Crippen LogP contribution in [0.1, 0.15) is 48.8 Å². The molecule has 0 radical (unpaired) electrons. The van der Waals surface area contributed by atoms with Crippen molar-refractivity contribution in [1.29, 1.82) is 0 Å². The lowest BCUT2D eigenvalue weighted by Crippen LogP contribution is -2.59. The average Bonchev–Trinajstić information content (AvgIpc) is 3.27. The van der Waals surface area contributed by atoms with E-state index in [1.165, 1.54) is 4.90 Å². The SMILES string of the molecule is CN(C(=O)C1CCNCC1)C(Cc1ccc2ccccc2c1)C(=O)NC(Cc1ccc2ccccc2c1)C(=O)NC(Cc1ccccc1)C(=O)NC(CCCCN)C(N)=O. The Kier molecular flexibility index (Phi) is 15.4. The molecule has 6 rings (SSSR count). The van der Waals surface area contributed by atoms with E-state index >= 15 is 0 Å². The molecule has 5 amide bonds. The molecule has 0 spiro atoms. The number of primary amides is 1. The van der Waals surface area contributed by atoms with Crippen LogP contribution in [0.5, 0.6) is 0 Å². The van der Waals surface area contributed by atoms with E-state index < -0.39 is 47.8 Å². The maximum Gasteiger partial charge on any atom is 0.243 e. The number of nitrogens with two attached hydrogens (primary N) is 2. The van der Waals surface area contributed by atoms with Gasteiger partial charge in [0.15, 0.2) is 0 Å².